The van der Waals surface area contributed by atoms with Gasteiger partial charge in [0.2, 0.25) is 5.82 Å². The van der Waals surface area contributed by atoms with Crippen LogP contribution in [-0.4, -0.2) is 9.38 Å². The van der Waals surface area contributed by atoms with Crippen LogP contribution in [-0.2, 0) is 0 Å². The first kappa shape index (κ1) is 12.5. The van der Waals surface area contributed by atoms with Gasteiger partial charge in [-0.3, -0.25) is 4.40 Å². The van der Waals surface area contributed by atoms with Crippen molar-refractivity contribution >= 4 is 11.5 Å². The molecular weight excluding hydrogens is 250 g/mol. The number of aryl methyl sites for hydroxylation is 1. The van der Waals surface area contributed by atoms with Crippen molar-refractivity contribution in [2.75, 3.05) is 0 Å². The van der Waals surface area contributed by atoms with Crippen LogP contribution in [0.25, 0.3) is 5.65 Å². The second kappa shape index (κ2) is 4.89. The quantitative estimate of drug-likeness (QED) is 0.666. The van der Waals surface area contributed by atoms with Crippen LogP contribution in [0.1, 0.15) is 29.7 Å². The summed E-state index contributed by atoms with van der Waals surface area (Å²) in [4.78, 5) is 15.4. The number of benzene rings is 1. The molecule has 1 atom stereocenters. The van der Waals surface area contributed by atoms with Gasteiger partial charge in [0, 0.05) is 17.7 Å². The SMILES string of the molecule is Cc1nc2c(C(C)c3ccccc3)cccn2c1N=O. The van der Waals surface area contributed by atoms with Crippen LogP contribution >= 0.6 is 0 Å². The van der Waals surface area contributed by atoms with E-state index in [1.54, 1.807) is 11.3 Å². The molecule has 0 amide bonds. The monoisotopic (exact) mass is 265 g/mol. The van der Waals surface area contributed by atoms with Crippen LogP contribution in [0, 0.1) is 11.8 Å². The van der Waals surface area contributed by atoms with Crippen LogP contribution in [0.4, 0.5) is 5.82 Å². The second-order valence-corrected chi connectivity index (χ2v) is 4.90. The van der Waals surface area contributed by atoms with E-state index in [4.69, 9.17) is 0 Å². The van der Waals surface area contributed by atoms with Gasteiger partial charge in [-0.05, 0) is 23.7 Å². The fourth-order valence-corrected chi connectivity index (χ4v) is 2.56. The van der Waals surface area contributed by atoms with Gasteiger partial charge in [-0.2, -0.15) is 0 Å². The van der Waals surface area contributed by atoms with Gasteiger partial charge in [0.15, 0.2) is 0 Å². The third-order valence-corrected chi connectivity index (χ3v) is 3.68. The largest absolute Gasteiger partial charge is 0.281 e. The van der Waals surface area contributed by atoms with E-state index < -0.39 is 0 Å². The fourth-order valence-electron chi connectivity index (χ4n) is 2.56. The van der Waals surface area contributed by atoms with Crippen molar-refractivity contribution < 1.29 is 0 Å². The van der Waals surface area contributed by atoms with Crippen molar-refractivity contribution in [2.24, 2.45) is 5.18 Å². The van der Waals surface area contributed by atoms with E-state index in [0.717, 1.165) is 11.2 Å². The summed E-state index contributed by atoms with van der Waals surface area (Å²) in [6.45, 7) is 3.95. The molecule has 3 aromatic rings. The topological polar surface area (TPSA) is 46.7 Å². The van der Waals surface area contributed by atoms with E-state index in [1.165, 1.54) is 5.56 Å². The highest BCUT2D eigenvalue weighted by molar-refractivity contribution is 5.59. The maximum Gasteiger partial charge on any atom is 0.204 e. The van der Waals surface area contributed by atoms with Crippen molar-refractivity contribution in [1.82, 2.24) is 9.38 Å². The minimum absolute atomic E-state index is 0.209. The van der Waals surface area contributed by atoms with E-state index in [2.05, 4.69) is 29.2 Å². The number of pyridine rings is 1. The Morgan fingerprint density at radius 1 is 1.15 bits per heavy atom. The van der Waals surface area contributed by atoms with E-state index in [-0.39, 0.29) is 5.92 Å². The van der Waals surface area contributed by atoms with Crippen molar-refractivity contribution in [2.45, 2.75) is 19.8 Å². The minimum Gasteiger partial charge on any atom is -0.281 e. The first-order valence-corrected chi connectivity index (χ1v) is 6.58. The van der Waals surface area contributed by atoms with Gasteiger partial charge in [-0.15, -0.1) is 4.91 Å². The minimum atomic E-state index is 0.209. The van der Waals surface area contributed by atoms with Crippen LogP contribution < -0.4 is 0 Å². The zero-order chi connectivity index (χ0) is 14.1. The highest BCUT2D eigenvalue weighted by Crippen LogP contribution is 2.30. The highest BCUT2D eigenvalue weighted by atomic mass is 16.3. The van der Waals surface area contributed by atoms with E-state index in [9.17, 15) is 4.91 Å². The summed E-state index contributed by atoms with van der Waals surface area (Å²) in [6.07, 6.45) is 1.83. The van der Waals surface area contributed by atoms with Gasteiger partial charge >= 0.3 is 0 Å². The molecule has 0 N–H and O–H groups in total. The lowest BCUT2D eigenvalue weighted by Crippen LogP contribution is -1.99. The molecule has 2 aromatic heterocycles. The molecule has 0 aliphatic heterocycles. The van der Waals surface area contributed by atoms with Gasteiger partial charge in [-0.25, -0.2) is 4.98 Å². The molecule has 0 saturated carbocycles. The average Bonchev–Trinajstić information content (AvgIpc) is 2.82. The number of nitroso groups, excluding NO2 is 1. The number of hydrogen-bond donors (Lipinski definition) is 0. The van der Waals surface area contributed by atoms with Crippen molar-refractivity contribution in [3.05, 3.63) is 70.4 Å². The number of nitrogens with zero attached hydrogens (tertiary/aromatic N) is 3. The summed E-state index contributed by atoms with van der Waals surface area (Å²) in [5.74, 6) is 0.586. The molecule has 2 heterocycles. The van der Waals surface area contributed by atoms with E-state index >= 15 is 0 Å². The van der Waals surface area contributed by atoms with Crippen LogP contribution in [0.3, 0.4) is 0 Å². The van der Waals surface area contributed by atoms with Gasteiger partial charge in [0.25, 0.3) is 0 Å². The zero-order valence-corrected chi connectivity index (χ0v) is 11.4. The summed E-state index contributed by atoms with van der Waals surface area (Å²) < 4.78 is 1.76. The molecule has 0 bridgehead atoms. The molecule has 0 spiro atoms. The van der Waals surface area contributed by atoms with Crippen molar-refractivity contribution in [3.63, 3.8) is 0 Å². The van der Waals surface area contributed by atoms with Gasteiger partial charge in [0.1, 0.15) is 5.65 Å². The van der Waals surface area contributed by atoms with Crippen molar-refractivity contribution in [3.8, 4) is 0 Å². The van der Waals surface area contributed by atoms with Crippen LogP contribution in [0.15, 0.2) is 53.8 Å². The first-order valence-electron chi connectivity index (χ1n) is 6.58. The second-order valence-electron chi connectivity index (χ2n) is 4.90. The number of fused-ring (bicyclic) bond motifs is 1. The number of hydrogen-bond acceptors (Lipinski definition) is 3. The highest BCUT2D eigenvalue weighted by Gasteiger charge is 2.16. The van der Waals surface area contributed by atoms with Crippen molar-refractivity contribution in [1.29, 1.82) is 0 Å². The third-order valence-electron chi connectivity index (χ3n) is 3.68. The molecule has 3 rings (SSSR count). The summed E-state index contributed by atoms with van der Waals surface area (Å²) in [5, 5.41) is 3.08. The summed E-state index contributed by atoms with van der Waals surface area (Å²) in [6, 6.07) is 14.2. The lowest BCUT2D eigenvalue weighted by atomic mass is 9.94. The van der Waals surface area contributed by atoms with Gasteiger partial charge in [0.05, 0.1) is 5.69 Å². The predicted molar refractivity (Wildman–Crippen MR) is 79.3 cm³/mol. The average molecular weight is 265 g/mol. The molecule has 1 aromatic carbocycles. The molecule has 4 nitrogen and oxygen atoms in total. The molecule has 0 saturated heterocycles. The Balaban J connectivity index is 2.20. The summed E-state index contributed by atoms with van der Waals surface area (Å²) in [7, 11) is 0. The zero-order valence-electron chi connectivity index (χ0n) is 11.4. The normalized spacial score (nSPS) is 12.5. The smallest absolute Gasteiger partial charge is 0.204 e. The molecule has 1 unspecified atom stereocenters. The molecule has 20 heavy (non-hydrogen) atoms. The Bertz CT molecular complexity index is 762. The number of imidazole rings is 1. The molecular formula is C16H15N3O. The molecule has 0 radical (unpaired) electrons. The van der Waals surface area contributed by atoms with E-state index in [1.807, 2.05) is 36.5 Å². The molecule has 100 valence electrons. The van der Waals surface area contributed by atoms with E-state index in [0.29, 0.717) is 11.5 Å². The predicted octanol–water partition coefficient (Wildman–Crippen LogP) is 4.19. The Hall–Kier alpha value is -2.49. The maximum atomic E-state index is 10.9. The first-order chi connectivity index (χ1) is 9.72. The lowest BCUT2D eigenvalue weighted by molar-refractivity contribution is 0.915. The Labute approximate surface area is 117 Å². The molecule has 4 heteroatoms. The van der Waals surface area contributed by atoms with Crippen LogP contribution in [0.2, 0.25) is 0 Å². The molecule has 0 aliphatic rings. The summed E-state index contributed by atoms with van der Waals surface area (Å²) in [5.41, 5.74) is 3.78. The third kappa shape index (κ3) is 1.90. The molecule has 0 fully saturated rings. The Morgan fingerprint density at radius 3 is 2.60 bits per heavy atom. The lowest BCUT2D eigenvalue weighted by Gasteiger charge is -2.13. The number of aromatic nitrogens is 2. The fraction of sp³-hybridized carbons (Fsp3) is 0.188. The number of rotatable bonds is 3. The Morgan fingerprint density at radius 2 is 1.90 bits per heavy atom. The Kier molecular flexibility index (Phi) is 3.06. The maximum absolute atomic E-state index is 10.9. The standard InChI is InChI=1S/C16H15N3O/c1-11(13-7-4-3-5-8-13)14-9-6-10-19-15(18-20)12(2)17-16(14)19/h3-11H,1-2H3. The summed E-state index contributed by atoms with van der Waals surface area (Å²) >= 11 is 0. The molecule has 0 aliphatic carbocycles. The van der Waals surface area contributed by atoms with Crippen LogP contribution in [0.5, 0.6) is 0 Å². The van der Waals surface area contributed by atoms with Gasteiger partial charge < -0.3 is 0 Å². The van der Waals surface area contributed by atoms with Gasteiger partial charge in [-0.1, -0.05) is 43.3 Å².